The highest BCUT2D eigenvalue weighted by molar-refractivity contribution is 7.92. The molecular weight excluding hydrogens is 365 g/mol. The van der Waals surface area contributed by atoms with E-state index in [2.05, 4.69) is 18.6 Å². The van der Waals surface area contributed by atoms with E-state index in [1.165, 1.54) is 12.1 Å². The van der Waals surface area contributed by atoms with Crippen molar-refractivity contribution in [2.75, 3.05) is 11.0 Å². The van der Waals surface area contributed by atoms with Gasteiger partial charge in [0.05, 0.1) is 23.0 Å². The van der Waals surface area contributed by atoms with Crippen molar-refractivity contribution in [2.24, 2.45) is 5.92 Å². The van der Waals surface area contributed by atoms with Crippen LogP contribution in [0.4, 0.5) is 10.1 Å². The van der Waals surface area contributed by atoms with Crippen molar-refractivity contribution in [3.05, 3.63) is 54.0 Å². The molecule has 0 amide bonds. The molecule has 0 radical (unpaired) electrons. The number of sulfonamides is 1. The summed E-state index contributed by atoms with van der Waals surface area (Å²) in [4.78, 5) is 0. The molecule has 0 bridgehead atoms. The molecule has 2 aromatic carbocycles. The first kappa shape index (κ1) is 18.9. The molecule has 27 heavy (non-hydrogen) atoms. The summed E-state index contributed by atoms with van der Waals surface area (Å²) in [6.45, 7) is 4.91. The molecule has 5 nitrogen and oxygen atoms in total. The fraction of sp³-hybridized carbons (Fsp3) is 0.250. The standard InChI is InChI=1S/C20H20FN3O2S/c1-13(2)11-24-12-18(14-4-5-15(10-22)19(21)8-14)17-7-6-16(9-20(17)24)23-27(3,25)26/h4-9,12-13,23H,11H2,1-3H3. The van der Waals surface area contributed by atoms with Gasteiger partial charge in [-0.05, 0) is 35.7 Å². The maximum atomic E-state index is 14.1. The van der Waals surface area contributed by atoms with E-state index in [9.17, 15) is 12.8 Å². The van der Waals surface area contributed by atoms with Crippen LogP contribution in [-0.2, 0) is 16.6 Å². The first-order valence-corrected chi connectivity index (χ1v) is 10.4. The Kier molecular flexibility index (Phi) is 4.94. The van der Waals surface area contributed by atoms with Crippen molar-refractivity contribution >= 4 is 26.6 Å². The molecule has 7 heteroatoms. The maximum absolute atomic E-state index is 14.1. The smallest absolute Gasteiger partial charge is 0.229 e. The van der Waals surface area contributed by atoms with E-state index >= 15 is 0 Å². The number of nitriles is 1. The Labute approximate surface area is 158 Å². The fourth-order valence-corrected chi connectivity index (χ4v) is 3.67. The Hall–Kier alpha value is -2.85. The van der Waals surface area contributed by atoms with Crippen LogP contribution in [0.25, 0.3) is 22.0 Å². The molecule has 3 aromatic rings. The van der Waals surface area contributed by atoms with Crippen molar-refractivity contribution < 1.29 is 12.8 Å². The highest BCUT2D eigenvalue weighted by atomic mass is 32.2. The molecule has 0 aliphatic carbocycles. The van der Waals surface area contributed by atoms with Gasteiger partial charge in [-0.3, -0.25) is 4.72 Å². The lowest BCUT2D eigenvalue weighted by Gasteiger charge is -2.09. The molecule has 1 aromatic heterocycles. The summed E-state index contributed by atoms with van der Waals surface area (Å²) >= 11 is 0. The molecule has 0 aliphatic rings. The van der Waals surface area contributed by atoms with Gasteiger partial charge in [0.15, 0.2) is 0 Å². The number of hydrogen-bond acceptors (Lipinski definition) is 3. The molecule has 1 heterocycles. The lowest BCUT2D eigenvalue weighted by molar-refractivity contribution is 0.535. The average Bonchev–Trinajstić information content (AvgIpc) is 2.90. The van der Waals surface area contributed by atoms with Crippen LogP contribution in [-0.4, -0.2) is 19.2 Å². The number of aromatic nitrogens is 1. The summed E-state index contributed by atoms with van der Waals surface area (Å²) in [5, 5.41) is 9.82. The Balaban J connectivity index is 2.19. The molecule has 0 spiro atoms. The van der Waals surface area contributed by atoms with Crippen LogP contribution >= 0.6 is 0 Å². The van der Waals surface area contributed by atoms with Crippen LogP contribution in [0.1, 0.15) is 19.4 Å². The van der Waals surface area contributed by atoms with Gasteiger partial charge in [0.25, 0.3) is 0 Å². The van der Waals surface area contributed by atoms with E-state index in [-0.39, 0.29) is 5.56 Å². The van der Waals surface area contributed by atoms with Crippen molar-refractivity contribution in [3.63, 3.8) is 0 Å². The second-order valence-corrected chi connectivity index (χ2v) is 8.75. The number of halogens is 1. The number of nitrogens with zero attached hydrogens (tertiary/aromatic N) is 2. The Morgan fingerprint density at radius 3 is 2.56 bits per heavy atom. The molecule has 0 saturated carbocycles. The van der Waals surface area contributed by atoms with Gasteiger partial charge in [-0.25, -0.2) is 12.8 Å². The number of fused-ring (bicyclic) bond motifs is 1. The third-order valence-corrected chi connectivity index (χ3v) is 4.75. The summed E-state index contributed by atoms with van der Waals surface area (Å²) in [7, 11) is -3.38. The minimum absolute atomic E-state index is 0.00399. The van der Waals surface area contributed by atoms with Crippen LogP contribution in [0.3, 0.4) is 0 Å². The van der Waals surface area contributed by atoms with Crippen LogP contribution < -0.4 is 4.72 Å². The average molecular weight is 385 g/mol. The summed E-state index contributed by atoms with van der Waals surface area (Å²) < 4.78 is 41.7. The number of hydrogen-bond donors (Lipinski definition) is 1. The zero-order valence-corrected chi connectivity index (χ0v) is 16.1. The number of rotatable bonds is 5. The lowest BCUT2D eigenvalue weighted by Crippen LogP contribution is -2.09. The summed E-state index contributed by atoms with van der Waals surface area (Å²) in [6, 6.07) is 11.7. The first-order chi connectivity index (χ1) is 12.7. The molecule has 0 fully saturated rings. The van der Waals surface area contributed by atoms with E-state index < -0.39 is 15.8 Å². The van der Waals surface area contributed by atoms with Crippen molar-refractivity contribution in [2.45, 2.75) is 20.4 Å². The lowest BCUT2D eigenvalue weighted by atomic mass is 10.0. The molecule has 0 atom stereocenters. The summed E-state index contributed by atoms with van der Waals surface area (Å²) in [5.74, 6) is -0.187. The van der Waals surface area contributed by atoms with Gasteiger partial charge < -0.3 is 4.57 Å². The number of benzene rings is 2. The third kappa shape index (κ3) is 4.12. The monoisotopic (exact) mass is 385 g/mol. The first-order valence-electron chi connectivity index (χ1n) is 8.48. The third-order valence-electron chi connectivity index (χ3n) is 4.15. The van der Waals surface area contributed by atoms with Gasteiger partial charge in [0, 0.05) is 23.7 Å². The van der Waals surface area contributed by atoms with Gasteiger partial charge in [0.2, 0.25) is 10.0 Å². The predicted octanol–water partition coefficient (Wildman–Crippen LogP) is 4.35. The van der Waals surface area contributed by atoms with Crippen molar-refractivity contribution in [1.29, 1.82) is 5.26 Å². The zero-order valence-electron chi connectivity index (χ0n) is 15.3. The highest BCUT2D eigenvalue weighted by Crippen LogP contribution is 2.33. The molecule has 0 aliphatic heterocycles. The normalized spacial score (nSPS) is 11.7. The Morgan fingerprint density at radius 1 is 1.22 bits per heavy atom. The fourth-order valence-electron chi connectivity index (χ4n) is 3.12. The van der Waals surface area contributed by atoms with E-state index in [1.54, 1.807) is 18.2 Å². The quantitative estimate of drug-likeness (QED) is 0.710. The molecule has 0 saturated heterocycles. The summed E-state index contributed by atoms with van der Waals surface area (Å²) in [6.07, 6.45) is 3.05. The minimum atomic E-state index is -3.38. The van der Waals surface area contributed by atoms with Crippen LogP contribution in [0, 0.1) is 23.1 Å². The van der Waals surface area contributed by atoms with E-state index in [0.29, 0.717) is 17.2 Å². The van der Waals surface area contributed by atoms with Crippen LogP contribution in [0.2, 0.25) is 0 Å². The van der Waals surface area contributed by atoms with Gasteiger partial charge in [-0.1, -0.05) is 26.0 Å². The Bertz CT molecular complexity index is 1160. The highest BCUT2D eigenvalue weighted by Gasteiger charge is 2.14. The van der Waals surface area contributed by atoms with Gasteiger partial charge in [-0.2, -0.15) is 5.26 Å². The van der Waals surface area contributed by atoms with Crippen LogP contribution in [0.5, 0.6) is 0 Å². The number of nitrogens with one attached hydrogen (secondary N) is 1. The molecule has 0 unspecified atom stereocenters. The van der Waals surface area contributed by atoms with Crippen molar-refractivity contribution in [3.8, 4) is 17.2 Å². The van der Waals surface area contributed by atoms with Gasteiger partial charge in [-0.15, -0.1) is 0 Å². The predicted molar refractivity (Wildman–Crippen MR) is 105 cm³/mol. The SMILES string of the molecule is CC(C)Cn1cc(-c2ccc(C#N)c(F)c2)c2ccc(NS(C)(=O)=O)cc21. The molecule has 3 rings (SSSR count). The van der Waals surface area contributed by atoms with Gasteiger partial charge in [0.1, 0.15) is 11.9 Å². The second kappa shape index (κ2) is 7.05. The van der Waals surface area contributed by atoms with E-state index in [0.717, 1.165) is 29.3 Å². The van der Waals surface area contributed by atoms with E-state index in [4.69, 9.17) is 5.26 Å². The molecular formula is C20H20FN3O2S. The number of anilines is 1. The molecule has 140 valence electrons. The second-order valence-electron chi connectivity index (χ2n) is 7.00. The van der Waals surface area contributed by atoms with Crippen LogP contribution in [0.15, 0.2) is 42.6 Å². The summed E-state index contributed by atoms with van der Waals surface area (Å²) in [5.41, 5.74) is 2.84. The largest absolute Gasteiger partial charge is 0.347 e. The zero-order chi connectivity index (χ0) is 19.8. The molecule has 1 N–H and O–H groups in total. The topological polar surface area (TPSA) is 74.9 Å². The Morgan fingerprint density at radius 2 is 1.96 bits per heavy atom. The minimum Gasteiger partial charge on any atom is -0.347 e. The van der Waals surface area contributed by atoms with Gasteiger partial charge >= 0.3 is 0 Å². The van der Waals surface area contributed by atoms with Crippen molar-refractivity contribution in [1.82, 2.24) is 4.57 Å². The maximum Gasteiger partial charge on any atom is 0.229 e. The van der Waals surface area contributed by atoms with E-state index in [1.807, 2.05) is 22.9 Å².